The van der Waals surface area contributed by atoms with Crippen LogP contribution >= 0.6 is 15.9 Å². The van der Waals surface area contributed by atoms with Crippen LogP contribution in [0.5, 0.6) is 17.2 Å². The van der Waals surface area contributed by atoms with Gasteiger partial charge in [0, 0.05) is 4.47 Å². The number of carbonyl (C=O) groups excluding carboxylic acids is 2. The van der Waals surface area contributed by atoms with E-state index in [4.69, 9.17) is 9.47 Å². The van der Waals surface area contributed by atoms with Crippen molar-refractivity contribution in [2.45, 2.75) is 6.92 Å². The lowest BCUT2D eigenvalue weighted by Gasteiger charge is -2.11. The average Bonchev–Trinajstić information content (AvgIpc) is 2.76. The van der Waals surface area contributed by atoms with E-state index >= 15 is 0 Å². The van der Waals surface area contributed by atoms with Gasteiger partial charge < -0.3 is 14.6 Å². The molecule has 3 aromatic rings. The minimum absolute atomic E-state index is 0.116. The first-order valence-corrected chi connectivity index (χ1v) is 10.1. The smallest absolute Gasteiger partial charge is 0.343 e. The van der Waals surface area contributed by atoms with Crippen molar-refractivity contribution in [2.75, 3.05) is 6.61 Å². The Hall–Kier alpha value is -3.65. The summed E-state index contributed by atoms with van der Waals surface area (Å²) >= 11 is 3.32. The molecule has 0 aliphatic rings. The fraction of sp³-hybridized carbons (Fsp3) is 0.0870. The number of hydrogen-bond acceptors (Lipinski definition) is 6. The predicted molar refractivity (Wildman–Crippen MR) is 120 cm³/mol. The van der Waals surface area contributed by atoms with Gasteiger partial charge in [0.15, 0.2) is 11.5 Å². The van der Waals surface area contributed by atoms with E-state index in [-0.39, 0.29) is 17.1 Å². The molecule has 2 N–H and O–H groups in total. The summed E-state index contributed by atoms with van der Waals surface area (Å²) in [5, 5.41) is 13.6. The maximum atomic E-state index is 12.4. The second-order valence-electron chi connectivity index (χ2n) is 6.25. The summed E-state index contributed by atoms with van der Waals surface area (Å²) in [5.41, 5.74) is 3.49. The van der Waals surface area contributed by atoms with Crippen LogP contribution in [-0.4, -0.2) is 29.8 Å². The maximum absolute atomic E-state index is 12.4. The molecule has 1 amide bonds. The van der Waals surface area contributed by atoms with Crippen molar-refractivity contribution in [1.82, 2.24) is 5.43 Å². The summed E-state index contributed by atoms with van der Waals surface area (Å²) in [7, 11) is 0. The molecule has 0 radical (unpaired) electrons. The number of phenols is 1. The molecule has 0 saturated carbocycles. The Kier molecular flexibility index (Phi) is 7.40. The molecule has 31 heavy (non-hydrogen) atoms. The number of hydrogen-bond donors (Lipinski definition) is 2. The third-order valence-corrected chi connectivity index (χ3v) is 4.61. The van der Waals surface area contributed by atoms with Crippen molar-refractivity contribution in [1.29, 1.82) is 0 Å². The Morgan fingerprint density at radius 2 is 1.81 bits per heavy atom. The van der Waals surface area contributed by atoms with E-state index in [1.165, 1.54) is 18.3 Å². The number of esters is 1. The second kappa shape index (κ2) is 10.4. The van der Waals surface area contributed by atoms with Gasteiger partial charge in [0.25, 0.3) is 5.91 Å². The molecule has 7 nitrogen and oxygen atoms in total. The lowest BCUT2D eigenvalue weighted by molar-refractivity contribution is 0.0728. The Morgan fingerprint density at radius 1 is 1.06 bits per heavy atom. The standard InChI is InChI=1S/C23H19BrN2O5/c1-2-30-21-13-15(14-25-26-22(28)18-5-3-4-6-19(18)27)7-12-20(21)31-23(29)16-8-10-17(24)11-9-16/h3-14,27H,2H2,1H3,(H,26,28)/b25-14-. The fourth-order valence-corrected chi connectivity index (χ4v) is 2.86. The highest BCUT2D eigenvalue weighted by molar-refractivity contribution is 9.10. The molecule has 0 heterocycles. The number of benzene rings is 3. The van der Waals surface area contributed by atoms with E-state index in [2.05, 4.69) is 26.5 Å². The largest absolute Gasteiger partial charge is 0.507 e. The molecule has 3 rings (SSSR count). The molecule has 158 valence electrons. The van der Waals surface area contributed by atoms with Crippen molar-refractivity contribution < 1.29 is 24.2 Å². The SMILES string of the molecule is CCOc1cc(/C=N\NC(=O)c2ccccc2O)ccc1OC(=O)c1ccc(Br)cc1. The number of nitrogens with one attached hydrogen (secondary N) is 1. The lowest BCUT2D eigenvalue weighted by atomic mass is 10.2. The maximum Gasteiger partial charge on any atom is 0.343 e. The average molecular weight is 483 g/mol. The van der Waals surface area contributed by atoms with Crippen LogP contribution in [0.25, 0.3) is 0 Å². The van der Waals surface area contributed by atoms with Gasteiger partial charge in [-0.3, -0.25) is 4.79 Å². The number of phenolic OH excluding ortho intramolecular Hbond substituents is 1. The number of hydrazone groups is 1. The molecular formula is C23H19BrN2O5. The number of amides is 1. The van der Waals surface area contributed by atoms with Gasteiger partial charge in [0.1, 0.15) is 5.75 Å². The van der Waals surface area contributed by atoms with Crippen molar-refractivity contribution in [3.05, 3.63) is 87.9 Å². The van der Waals surface area contributed by atoms with Crippen molar-refractivity contribution in [3.63, 3.8) is 0 Å². The summed E-state index contributed by atoms with van der Waals surface area (Å²) in [5.74, 6) is -0.552. The zero-order valence-electron chi connectivity index (χ0n) is 16.5. The first kappa shape index (κ1) is 22.0. The second-order valence-corrected chi connectivity index (χ2v) is 7.17. The van der Waals surface area contributed by atoms with Crippen LogP contribution in [0.2, 0.25) is 0 Å². The molecule has 8 heteroatoms. The first-order chi connectivity index (χ1) is 15.0. The van der Waals surface area contributed by atoms with Crippen molar-refractivity contribution >= 4 is 34.0 Å². The normalized spacial score (nSPS) is 10.6. The fourth-order valence-electron chi connectivity index (χ4n) is 2.59. The van der Waals surface area contributed by atoms with Gasteiger partial charge in [-0.15, -0.1) is 0 Å². The summed E-state index contributed by atoms with van der Waals surface area (Å²) in [6.07, 6.45) is 1.42. The Labute approximate surface area is 187 Å². The highest BCUT2D eigenvalue weighted by Crippen LogP contribution is 2.29. The van der Waals surface area contributed by atoms with Crippen LogP contribution in [0.3, 0.4) is 0 Å². The third kappa shape index (κ3) is 5.93. The summed E-state index contributed by atoms with van der Waals surface area (Å²) in [4.78, 5) is 24.5. The van der Waals surface area contributed by atoms with Crippen LogP contribution in [0.1, 0.15) is 33.2 Å². The molecule has 0 bridgehead atoms. The third-order valence-electron chi connectivity index (χ3n) is 4.08. The molecule has 0 saturated heterocycles. The molecule has 0 aliphatic heterocycles. The van der Waals surface area contributed by atoms with Crippen LogP contribution in [-0.2, 0) is 0 Å². The van der Waals surface area contributed by atoms with E-state index in [1.807, 2.05) is 6.92 Å². The number of aromatic hydroxyl groups is 1. The Bertz CT molecular complexity index is 1110. The van der Waals surface area contributed by atoms with E-state index in [9.17, 15) is 14.7 Å². The number of halogens is 1. The van der Waals surface area contributed by atoms with Gasteiger partial charge in [0.05, 0.1) is 23.9 Å². The molecule has 0 spiro atoms. The Morgan fingerprint density at radius 3 is 2.52 bits per heavy atom. The van der Waals surface area contributed by atoms with Gasteiger partial charge in [-0.05, 0) is 67.1 Å². The topological polar surface area (TPSA) is 97.2 Å². The summed E-state index contributed by atoms with van der Waals surface area (Å²) in [6.45, 7) is 2.18. The van der Waals surface area contributed by atoms with Crippen LogP contribution in [0, 0.1) is 0 Å². The monoisotopic (exact) mass is 482 g/mol. The van der Waals surface area contributed by atoms with Crippen LogP contribution < -0.4 is 14.9 Å². The molecule has 0 unspecified atom stereocenters. The van der Waals surface area contributed by atoms with Gasteiger partial charge in [-0.25, -0.2) is 10.2 Å². The minimum Gasteiger partial charge on any atom is -0.507 e. The number of carbonyl (C=O) groups is 2. The van der Waals surface area contributed by atoms with Crippen molar-refractivity contribution in [3.8, 4) is 17.2 Å². The van der Waals surface area contributed by atoms with Crippen LogP contribution in [0.15, 0.2) is 76.3 Å². The molecule has 3 aromatic carbocycles. The number of ether oxygens (including phenoxy) is 2. The highest BCUT2D eigenvalue weighted by atomic mass is 79.9. The van der Waals surface area contributed by atoms with Gasteiger partial charge in [-0.1, -0.05) is 28.1 Å². The number of rotatable bonds is 7. The number of para-hydroxylation sites is 1. The zero-order valence-corrected chi connectivity index (χ0v) is 18.1. The zero-order chi connectivity index (χ0) is 22.2. The first-order valence-electron chi connectivity index (χ1n) is 9.34. The van der Waals surface area contributed by atoms with Gasteiger partial charge in [0.2, 0.25) is 0 Å². The van der Waals surface area contributed by atoms with E-state index in [0.717, 1.165) is 4.47 Å². The molecule has 0 aromatic heterocycles. The van der Waals surface area contributed by atoms with E-state index < -0.39 is 11.9 Å². The van der Waals surface area contributed by atoms with Gasteiger partial charge >= 0.3 is 5.97 Å². The molecular weight excluding hydrogens is 464 g/mol. The lowest BCUT2D eigenvalue weighted by Crippen LogP contribution is -2.17. The van der Waals surface area contributed by atoms with Gasteiger partial charge in [-0.2, -0.15) is 5.10 Å². The Balaban J connectivity index is 1.71. The van der Waals surface area contributed by atoms with Crippen molar-refractivity contribution in [2.24, 2.45) is 5.10 Å². The molecule has 0 aliphatic carbocycles. The van der Waals surface area contributed by atoms with Crippen LogP contribution in [0.4, 0.5) is 0 Å². The number of nitrogens with zero attached hydrogens (tertiary/aromatic N) is 1. The molecule has 0 atom stereocenters. The van der Waals surface area contributed by atoms with E-state index in [1.54, 1.807) is 54.6 Å². The predicted octanol–water partition coefficient (Wildman–Crippen LogP) is 4.54. The summed E-state index contributed by atoms with van der Waals surface area (Å²) in [6, 6.07) is 17.9. The summed E-state index contributed by atoms with van der Waals surface area (Å²) < 4.78 is 11.9. The van der Waals surface area contributed by atoms with E-state index in [0.29, 0.717) is 23.5 Å². The highest BCUT2D eigenvalue weighted by Gasteiger charge is 2.13. The minimum atomic E-state index is -0.542. The molecule has 0 fully saturated rings. The quantitative estimate of drug-likeness (QED) is 0.223.